The Morgan fingerprint density at radius 1 is 1.53 bits per heavy atom. The number of hydrogen-bond donors (Lipinski definition) is 1. The van der Waals surface area contributed by atoms with Crippen LogP contribution < -0.4 is 5.73 Å². The summed E-state index contributed by atoms with van der Waals surface area (Å²) in [7, 11) is 0. The maximum atomic E-state index is 12.5. The van der Waals surface area contributed by atoms with Crippen molar-refractivity contribution in [1.82, 2.24) is 9.88 Å². The zero-order valence-corrected chi connectivity index (χ0v) is 10.5. The average molecular weight is 294 g/mol. The molecule has 1 saturated carbocycles. The molecule has 1 aliphatic rings. The standard InChI is InChI=1S/C11H11ClF3N3O/c12-8-3-6(4-17-9(8)16)10(19)18(7-1-2-7)5-11(13,14)15/h3-4,7H,1-2,5H2,(H2,16,17). The van der Waals surface area contributed by atoms with E-state index in [9.17, 15) is 18.0 Å². The molecule has 1 fully saturated rings. The molecule has 0 spiro atoms. The molecule has 4 nitrogen and oxygen atoms in total. The molecule has 0 radical (unpaired) electrons. The van der Waals surface area contributed by atoms with Crippen LogP contribution >= 0.6 is 11.6 Å². The van der Waals surface area contributed by atoms with Crippen LogP contribution in [-0.4, -0.2) is 34.6 Å². The minimum Gasteiger partial charge on any atom is -0.382 e. The highest BCUT2D eigenvalue weighted by molar-refractivity contribution is 6.33. The number of nitrogens with zero attached hydrogens (tertiary/aromatic N) is 2. The molecule has 0 saturated heterocycles. The molecule has 0 atom stereocenters. The van der Waals surface area contributed by atoms with Crippen LogP contribution in [0.5, 0.6) is 0 Å². The fraction of sp³-hybridized carbons (Fsp3) is 0.455. The van der Waals surface area contributed by atoms with Crippen LogP contribution in [0.15, 0.2) is 12.3 Å². The molecule has 19 heavy (non-hydrogen) atoms. The molecule has 104 valence electrons. The number of rotatable bonds is 3. The van der Waals surface area contributed by atoms with E-state index in [-0.39, 0.29) is 22.4 Å². The van der Waals surface area contributed by atoms with E-state index in [0.29, 0.717) is 12.8 Å². The number of aromatic nitrogens is 1. The van der Waals surface area contributed by atoms with Crippen molar-refractivity contribution in [3.05, 3.63) is 22.8 Å². The molecule has 1 heterocycles. The van der Waals surface area contributed by atoms with Crippen LogP contribution in [0.1, 0.15) is 23.2 Å². The van der Waals surface area contributed by atoms with Crippen LogP contribution in [0.25, 0.3) is 0 Å². The number of hydrogen-bond acceptors (Lipinski definition) is 3. The van der Waals surface area contributed by atoms with Gasteiger partial charge in [-0.1, -0.05) is 11.6 Å². The Balaban J connectivity index is 2.21. The molecule has 0 unspecified atom stereocenters. The summed E-state index contributed by atoms with van der Waals surface area (Å²) in [6.07, 6.45) is -2.13. The minimum absolute atomic E-state index is 0.00958. The first-order valence-corrected chi connectivity index (χ1v) is 5.94. The van der Waals surface area contributed by atoms with Crippen molar-refractivity contribution in [2.45, 2.75) is 25.1 Å². The van der Waals surface area contributed by atoms with Gasteiger partial charge in [-0.05, 0) is 18.9 Å². The Morgan fingerprint density at radius 2 is 2.16 bits per heavy atom. The third-order valence-electron chi connectivity index (χ3n) is 2.71. The number of pyridine rings is 1. The van der Waals surface area contributed by atoms with Crippen molar-refractivity contribution < 1.29 is 18.0 Å². The van der Waals surface area contributed by atoms with Crippen molar-refractivity contribution in [3.63, 3.8) is 0 Å². The van der Waals surface area contributed by atoms with Crippen LogP contribution in [-0.2, 0) is 0 Å². The second-order valence-corrected chi connectivity index (χ2v) is 4.78. The Labute approximate surface area is 112 Å². The van der Waals surface area contributed by atoms with Gasteiger partial charge < -0.3 is 10.6 Å². The minimum atomic E-state index is -4.43. The third-order valence-corrected chi connectivity index (χ3v) is 3.02. The van der Waals surface area contributed by atoms with E-state index < -0.39 is 18.6 Å². The fourth-order valence-corrected chi connectivity index (χ4v) is 1.84. The van der Waals surface area contributed by atoms with Crippen LogP contribution in [0.2, 0.25) is 5.02 Å². The number of alkyl halides is 3. The molecule has 1 aromatic heterocycles. The lowest BCUT2D eigenvalue weighted by molar-refractivity contribution is -0.141. The van der Waals surface area contributed by atoms with E-state index in [2.05, 4.69) is 4.98 Å². The largest absolute Gasteiger partial charge is 0.406 e. The molecule has 1 aliphatic carbocycles. The Morgan fingerprint density at radius 3 is 2.63 bits per heavy atom. The van der Waals surface area contributed by atoms with Gasteiger partial charge in [-0.15, -0.1) is 0 Å². The zero-order valence-electron chi connectivity index (χ0n) is 9.75. The first kappa shape index (κ1) is 13.9. The first-order valence-electron chi connectivity index (χ1n) is 5.56. The summed E-state index contributed by atoms with van der Waals surface area (Å²) in [6, 6.07) is 0.878. The van der Waals surface area contributed by atoms with Crippen LogP contribution in [0, 0.1) is 0 Å². The monoisotopic (exact) mass is 293 g/mol. The first-order chi connectivity index (χ1) is 8.78. The van der Waals surface area contributed by atoms with Gasteiger partial charge in [-0.25, -0.2) is 4.98 Å². The zero-order chi connectivity index (χ0) is 14.2. The molecule has 2 N–H and O–H groups in total. The van der Waals surface area contributed by atoms with Gasteiger partial charge in [0.2, 0.25) is 0 Å². The summed E-state index contributed by atoms with van der Waals surface area (Å²) in [4.78, 5) is 16.5. The van der Waals surface area contributed by atoms with E-state index in [4.69, 9.17) is 17.3 Å². The maximum absolute atomic E-state index is 12.5. The van der Waals surface area contributed by atoms with Crippen LogP contribution in [0.3, 0.4) is 0 Å². The van der Waals surface area contributed by atoms with Gasteiger partial charge in [0.15, 0.2) is 0 Å². The van der Waals surface area contributed by atoms with E-state index in [1.54, 1.807) is 0 Å². The van der Waals surface area contributed by atoms with Gasteiger partial charge in [0.25, 0.3) is 5.91 Å². The SMILES string of the molecule is Nc1ncc(C(=O)N(CC(F)(F)F)C2CC2)cc1Cl. The summed E-state index contributed by atoms with van der Waals surface area (Å²) in [5.74, 6) is -0.693. The summed E-state index contributed by atoms with van der Waals surface area (Å²) in [6.45, 7) is -1.27. The molecular formula is C11H11ClF3N3O. The second-order valence-electron chi connectivity index (χ2n) is 4.37. The molecule has 0 aromatic carbocycles. The highest BCUT2D eigenvalue weighted by atomic mass is 35.5. The number of amides is 1. The van der Waals surface area contributed by atoms with Gasteiger partial charge in [0.1, 0.15) is 12.4 Å². The van der Waals surface area contributed by atoms with Gasteiger partial charge in [0.05, 0.1) is 10.6 Å². The molecular weight excluding hydrogens is 283 g/mol. The molecule has 1 aromatic rings. The number of halogens is 4. The quantitative estimate of drug-likeness (QED) is 0.931. The lowest BCUT2D eigenvalue weighted by atomic mass is 10.2. The van der Waals surface area contributed by atoms with Crippen LogP contribution in [0.4, 0.5) is 19.0 Å². The maximum Gasteiger partial charge on any atom is 0.406 e. The molecule has 1 amide bonds. The Bertz CT molecular complexity index is 502. The summed E-state index contributed by atoms with van der Waals surface area (Å²) in [5, 5.41) is 0.0496. The highest BCUT2D eigenvalue weighted by Gasteiger charge is 2.41. The van der Waals surface area contributed by atoms with Crippen molar-refractivity contribution in [1.29, 1.82) is 0 Å². The Hall–Kier alpha value is -1.50. The predicted octanol–water partition coefficient (Wildman–Crippen LogP) is 2.48. The van der Waals surface area contributed by atoms with Gasteiger partial charge >= 0.3 is 6.18 Å². The average Bonchev–Trinajstić information content (AvgIpc) is 3.11. The summed E-state index contributed by atoms with van der Waals surface area (Å²) in [5.41, 5.74) is 5.40. The number of carbonyl (C=O) groups excluding carboxylic acids is 1. The van der Waals surface area contributed by atoms with Gasteiger partial charge in [-0.2, -0.15) is 13.2 Å². The highest BCUT2D eigenvalue weighted by Crippen LogP contribution is 2.31. The summed E-state index contributed by atoms with van der Waals surface area (Å²) < 4.78 is 37.4. The van der Waals surface area contributed by atoms with Crippen molar-refractivity contribution in [2.24, 2.45) is 0 Å². The summed E-state index contributed by atoms with van der Waals surface area (Å²) >= 11 is 5.71. The lowest BCUT2D eigenvalue weighted by Crippen LogP contribution is -2.40. The normalized spacial score (nSPS) is 15.4. The topological polar surface area (TPSA) is 59.2 Å². The van der Waals surface area contributed by atoms with E-state index in [0.717, 1.165) is 11.1 Å². The second kappa shape index (κ2) is 4.88. The van der Waals surface area contributed by atoms with Gasteiger partial charge in [-0.3, -0.25) is 4.79 Å². The fourth-order valence-electron chi connectivity index (χ4n) is 1.68. The van der Waals surface area contributed by atoms with Crippen molar-refractivity contribution in [3.8, 4) is 0 Å². The third kappa shape index (κ3) is 3.50. The van der Waals surface area contributed by atoms with E-state index in [1.165, 1.54) is 6.07 Å². The van der Waals surface area contributed by atoms with Gasteiger partial charge in [0, 0.05) is 12.2 Å². The number of carbonyl (C=O) groups is 1. The number of anilines is 1. The van der Waals surface area contributed by atoms with Crippen molar-refractivity contribution >= 4 is 23.3 Å². The molecule has 0 aliphatic heterocycles. The molecule has 0 bridgehead atoms. The van der Waals surface area contributed by atoms with Crippen molar-refractivity contribution in [2.75, 3.05) is 12.3 Å². The van der Waals surface area contributed by atoms with E-state index in [1.807, 2.05) is 0 Å². The molecule has 8 heteroatoms. The predicted molar refractivity (Wildman–Crippen MR) is 63.8 cm³/mol. The number of nitrogen functional groups attached to an aromatic ring is 1. The smallest absolute Gasteiger partial charge is 0.382 e. The van der Waals surface area contributed by atoms with E-state index >= 15 is 0 Å². The number of nitrogens with two attached hydrogens (primary N) is 1. The lowest BCUT2D eigenvalue weighted by Gasteiger charge is -2.23. The molecule has 2 rings (SSSR count). The Kier molecular flexibility index (Phi) is 3.58.